The third kappa shape index (κ3) is 2.54. The van der Waals surface area contributed by atoms with Gasteiger partial charge in [-0.1, -0.05) is 17.7 Å². The van der Waals surface area contributed by atoms with Gasteiger partial charge in [0.15, 0.2) is 0 Å². The number of hydrogen-bond donors (Lipinski definition) is 1. The van der Waals surface area contributed by atoms with Crippen LogP contribution in [0, 0.1) is 6.92 Å². The number of hydrogen-bond acceptors (Lipinski definition) is 3. The number of amides is 1. The molecule has 18 heavy (non-hydrogen) atoms. The summed E-state index contributed by atoms with van der Waals surface area (Å²) in [6.07, 6.45) is 0. The average molecular weight is 268 g/mol. The molecule has 2 rings (SSSR count). The number of carbonyl (C=O) groups excluding carboxylic acids is 1. The van der Waals surface area contributed by atoms with E-state index >= 15 is 0 Å². The van der Waals surface area contributed by atoms with Crippen LogP contribution in [0.1, 0.15) is 12.5 Å². The Labute approximate surface area is 107 Å². The highest BCUT2D eigenvalue weighted by molar-refractivity contribution is 7.89. The lowest BCUT2D eigenvalue weighted by Crippen LogP contribution is -2.54. The van der Waals surface area contributed by atoms with Crippen LogP contribution in [0.3, 0.4) is 0 Å². The molecule has 0 aliphatic carbocycles. The summed E-state index contributed by atoms with van der Waals surface area (Å²) in [7, 11) is -3.57. The Balaban J connectivity index is 2.30. The quantitative estimate of drug-likeness (QED) is 0.849. The fourth-order valence-electron chi connectivity index (χ4n) is 1.94. The first-order valence-electron chi connectivity index (χ1n) is 5.76. The topological polar surface area (TPSA) is 66.5 Å². The molecular formula is C12H16N2O3S. The normalized spacial score (nSPS) is 21.7. The van der Waals surface area contributed by atoms with Crippen LogP contribution in [0.4, 0.5) is 0 Å². The first-order chi connectivity index (χ1) is 8.39. The molecule has 0 spiro atoms. The van der Waals surface area contributed by atoms with E-state index in [0.29, 0.717) is 6.54 Å². The summed E-state index contributed by atoms with van der Waals surface area (Å²) in [6.45, 7) is 3.88. The molecule has 5 nitrogen and oxygen atoms in total. The number of piperazine rings is 1. The van der Waals surface area contributed by atoms with E-state index in [0.717, 1.165) is 5.56 Å². The van der Waals surface area contributed by atoms with Gasteiger partial charge in [-0.3, -0.25) is 4.79 Å². The van der Waals surface area contributed by atoms with Crippen LogP contribution in [0.2, 0.25) is 0 Å². The maximum atomic E-state index is 12.3. The number of aryl methyl sites for hydroxylation is 1. The fraction of sp³-hybridized carbons (Fsp3) is 0.417. The van der Waals surface area contributed by atoms with E-state index in [9.17, 15) is 13.2 Å². The van der Waals surface area contributed by atoms with Crippen molar-refractivity contribution in [1.29, 1.82) is 0 Å². The van der Waals surface area contributed by atoms with Crippen LogP contribution in [0.25, 0.3) is 0 Å². The van der Waals surface area contributed by atoms with Gasteiger partial charge in [-0.15, -0.1) is 0 Å². The van der Waals surface area contributed by atoms with E-state index in [1.165, 1.54) is 4.31 Å². The van der Waals surface area contributed by atoms with Crippen LogP contribution in [-0.2, 0) is 14.8 Å². The van der Waals surface area contributed by atoms with Gasteiger partial charge in [0.25, 0.3) is 0 Å². The fourth-order valence-corrected chi connectivity index (χ4v) is 3.42. The number of nitrogens with one attached hydrogen (secondary N) is 1. The average Bonchev–Trinajstić information content (AvgIpc) is 2.28. The van der Waals surface area contributed by atoms with Crippen LogP contribution < -0.4 is 5.32 Å². The van der Waals surface area contributed by atoms with Crippen molar-refractivity contribution in [3.63, 3.8) is 0 Å². The number of sulfonamides is 1. The molecule has 1 heterocycles. The standard InChI is InChI=1S/C12H16N2O3S/c1-9-3-5-11(6-4-9)18(16,17)14-7-10(2)13-12(15)8-14/h3-6,10H,7-8H2,1-2H3,(H,13,15)/t10-/m0/s1. The molecule has 0 bridgehead atoms. The third-order valence-electron chi connectivity index (χ3n) is 2.86. The highest BCUT2D eigenvalue weighted by Crippen LogP contribution is 2.17. The van der Waals surface area contributed by atoms with E-state index in [1.54, 1.807) is 31.2 Å². The summed E-state index contributed by atoms with van der Waals surface area (Å²) in [6, 6.07) is 6.48. The highest BCUT2D eigenvalue weighted by Gasteiger charge is 2.31. The molecule has 1 fully saturated rings. The number of benzene rings is 1. The lowest BCUT2D eigenvalue weighted by Gasteiger charge is -2.30. The summed E-state index contributed by atoms with van der Waals surface area (Å²) in [5, 5.41) is 2.70. The Hall–Kier alpha value is -1.40. The number of carbonyl (C=O) groups is 1. The Morgan fingerprint density at radius 2 is 1.89 bits per heavy atom. The summed E-state index contributed by atoms with van der Waals surface area (Å²) >= 11 is 0. The first-order valence-corrected chi connectivity index (χ1v) is 7.20. The summed E-state index contributed by atoms with van der Waals surface area (Å²) in [4.78, 5) is 11.6. The molecule has 0 aromatic heterocycles. The molecule has 0 radical (unpaired) electrons. The summed E-state index contributed by atoms with van der Waals surface area (Å²) < 4.78 is 25.9. The van der Waals surface area contributed by atoms with E-state index < -0.39 is 10.0 Å². The molecule has 0 saturated carbocycles. The second-order valence-corrected chi connectivity index (χ2v) is 6.52. The molecule has 6 heteroatoms. The van der Waals surface area contributed by atoms with Crippen molar-refractivity contribution >= 4 is 15.9 Å². The lowest BCUT2D eigenvalue weighted by atomic mass is 10.2. The largest absolute Gasteiger partial charge is 0.351 e. The van der Waals surface area contributed by atoms with Crippen molar-refractivity contribution in [3.05, 3.63) is 29.8 Å². The summed E-state index contributed by atoms with van der Waals surface area (Å²) in [5.41, 5.74) is 0.999. The monoisotopic (exact) mass is 268 g/mol. The Morgan fingerprint density at radius 3 is 2.44 bits per heavy atom. The number of rotatable bonds is 2. The van der Waals surface area contributed by atoms with Crippen molar-refractivity contribution in [2.75, 3.05) is 13.1 Å². The maximum Gasteiger partial charge on any atom is 0.243 e. The van der Waals surface area contributed by atoms with Gasteiger partial charge in [-0.25, -0.2) is 8.42 Å². The molecule has 1 saturated heterocycles. The SMILES string of the molecule is Cc1ccc(S(=O)(=O)N2CC(=O)N[C@@H](C)C2)cc1. The zero-order valence-corrected chi connectivity index (χ0v) is 11.2. The van der Waals surface area contributed by atoms with Crippen LogP contribution in [0.5, 0.6) is 0 Å². The number of nitrogens with zero attached hydrogens (tertiary/aromatic N) is 1. The second kappa shape index (κ2) is 4.70. The molecule has 1 N–H and O–H groups in total. The smallest absolute Gasteiger partial charge is 0.243 e. The predicted octanol–water partition coefficient (Wildman–Crippen LogP) is 0.504. The van der Waals surface area contributed by atoms with Crippen LogP contribution >= 0.6 is 0 Å². The highest BCUT2D eigenvalue weighted by atomic mass is 32.2. The van der Waals surface area contributed by atoms with Gasteiger partial charge in [0.05, 0.1) is 11.4 Å². The van der Waals surface area contributed by atoms with Gasteiger partial charge in [0.1, 0.15) is 0 Å². The minimum absolute atomic E-state index is 0.111. The van der Waals surface area contributed by atoms with Crippen molar-refractivity contribution in [2.24, 2.45) is 0 Å². The van der Waals surface area contributed by atoms with E-state index in [4.69, 9.17) is 0 Å². The predicted molar refractivity (Wildman–Crippen MR) is 67.5 cm³/mol. The van der Waals surface area contributed by atoms with Crippen LogP contribution in [0.15, 0.2) is 29.2 Å². The van der Waals surface area contributed by atoms with Gasteiger partial charge in [-0.05, 0) is 26.0 Å². The molecule has 1 aromatic rings. The Morgan fingerprint density at radius 1 is 1.28 bits per heavy atom. The maximum absolute atomic E-state index is 12.3. The van der Waals surface area contributed by atoms with Gasteiger partial charge in [-0.2, -0.15) is 4.31 Å². The van der Waals surface area contributed by atoms with Crippen molar-refractivity contribution in [2.45, 2.75) is 24.8 Å². The van der Waals surface area contributed by atoms with Crippen molar-refractivity contribution in [3.8, 4) is 0 Å². The van der Waals surface area contributed by atoms with Crippen molar-refractivity contribution in [1.82, 2.24) is 9.62 Å². The zero-order chi connectivity index (χ0) is 13.3. The molecule has 1 amide bonds. The molecule has 98 valence electrons. The van der Waals surface area contributed by atoms with Crippen LogP contribution in [-0.4, -0.2) is 37.8 Å². The van der Waals surface area contributed by atoms with E-state index in [2.05, 4.69) is 5.32 Å². The van der Waals surface area contributed by atoms with Gasteiger partial charge in [0, 0.05) is 12.6 Å². The Kier molecular flexibility index (Phi) is 3.41. The van der Waals surface area contributed by atoms with Gasteiger partial charge >= 0.3 is 0 Å². The first kappa shape index (κ1) is 13.0. The molecule has 1 atom stereocenters. The molecule has 1 aliphatic heterocycles. The third-order valence-corrected chi connectivity index (χ3v) is 4.69. The molecule has 1 aliphatic rings. The molecule has 1 aromatic carbocycles. The summed E-state index contributed by atoms with van der Waals surface area (Å²) in [5.74, 6) is -0.260. The van der Waals surface area contributed by atoms with E-state index in [-0.39, 0.29) is 23.4 Å². The zero-order valence-electron chi connectivity index (χ0n) is 10.4. The Bertz CT molecular complexity index is 551. The molecule has 0 unspecified atom stereocenters. The minimum atomic E-state index is -3.57. The van der Waals surface area contributed by atoms with E-state index in [1.807, 2.05) is 6.92 Å². The van der Waals surface area contributed by atoms with Crippen molar-refractivity contribution < 1.29 is 13.2 Å². The lowest BCUT2D eigenvalue weighted by molar-refractivity contribution is -0.123. The molecular weight excluding hydrogens is 252 g/mol. The van der Waals surface area contributed by atoms with Gasteiger partial charge in [0.2, 0.25) is 15.9 Å². The van der Waals surface area contributed by atoms with Gasteiger partial charge < -0.3 is 5.32 Å². The minimum Gasteiger partial charge on any atom is -0.351 e. The second-order valence-electron chi connectivity index (χ2n) is 4.58.